The highest BCUT2D eigenvalue weighted by atomic mass is 19.3. The summed E-state index contributed by atoms with van der Waals surface area (Å²) in [5.74, 6) is 2.19. The number of carbonyl (C=O) groups excluding carboxylic acids is 1. The summed E-state index contributed by atoms with van der Waals surface area (Å²) in [4.78, 5) is 39.1. The summed E-state index contributed by atoms with van der Waals surface area (Å²) < 4.78 is 27.5. The number of nitrogens with one attached hydrogen (secondary N) is 2. The minimum atomic E-state index is -2.52. The Bertz CT molecular complexity index is 1420. The molecule has 1 saturated heterocycles. The molecule has 2 N–H and O–H groups in total. The maximum atomic E-state index is 13.0. The van der Waals surface area contributed by atoms with Crippen LogP contribution >= 0.6 is 0 Å². The molecule has 0 radical (unpaired) electrons. The first kappa shape index (κ1) is 21.8. The van der Waals surface area contributed by atoms with Crippen LogP contribution in [0.3, 0.4) is 0 Å². The van der Waals surface area contributed by atoms with E-state index in [1.165, 1.54) is 4.57 Å². The average molecular weight is 482 g/mol. The first-order valence-corrected chi connectivity index (χ1v) is 11.7. The molecule has 0 bridgehead atoms. The number of hydrogen-bond donors (Lipinski definition) is 2. The molecule has 4 aromatic heterocycles. The third-order valence-corrected chi connectivity index (χ3v) is 7.21. The molecule has 1 aliphatic heterocycles. The molecule has 5 heterocycles. The van der Waals surface area contributed by atoms with Gasteiger partial charge in [0.15, 0.2) is 11.3 Å². The van der Waals surface area contributed by atoms with Gasteiger partial charge in [0.2, 0.25) is 11.9 Å². The molecule has 0 spiro atoms. The second-order valence-corrected chi connectivity index (χ2v) is 9.48. The van der Waals surface area contributed by atoms with Crippen molar-refractivity contribution < 1.29 is 13.6 Å². The SMILES string of the molecule is CC(=O)N1C[C@H]2CC(Nc3ncc4c(-c5cnc6nc(C)n(CC(F)F)c6n5)c[nH]c4n3)C[C@H]2C1. The summed E-state index contributed by atoms with van der Waals surface area (Å²) >= 11 is 0. The Hall–Kier alpha value is -3.70. The van der Waals surface area contributed by atoms with Crippen LogP contribution in [-0.2, 0) is 11.3 Å². The molecule has 182 valence electrons. The van der Waals surface area contributed by atoms with E-state index in [0.717, 1.165) is 36.9 Å². The Morgan fingerprint density at radius 2 is 1.94 bits per heavy atom. The molecule has 35 heavy (non-hydrogen) atoms. The van der Waals surface area contributed by atoms with Crippen molar-refractivity contribution in [3.8, 4) is 11.3 Å². The van der Waals surface area contributed by atoms with Gasteiger partial charge in [0.05, 0.1) is 18.4 Å². The zero-order valence-electron chi connectivity index (χ0n) is 19.4. The standard InChI is InChI=1S/C23H25F2N9O/c1-11-29-21-22(34(11)10-19(24)25)31-18(7-27-21)16-5-26-20-17(16)6-28-23(32-20)30-15-3-13-8-33(12(2)35)9-14(13)4-15/h5-7,13-15,19H,3-4,8-10H2,1-2H3,(H2,26,28,30,32)/t13-,14+,15?. The molecule has 2 aliphatic rings. The lowest BCUT2D eigenvalue weighted by Gasteiger charge is -2.18. The van der Waals surface area contributed by atoms with Crippen LogP contribution in [-0.4, -0.2) is 70.8 Å². The number of amides is 1. The lowest BCUT2D eigenvalue weighted by Crippen LogP contribution is -2.29. The lowest BCUT2D eigenvalue weighted by atomic mass is 10.0. The van der Waals surface area contributed by atoms with Crippen LogP contribution in [0.4, 0.5) is 14.7 Å². The van der Waals surface area contributed by atoms with Gasteiger partial charge in [0, 0.05) is 49.4 Å². The monoisotopic (exact) mass is 481 g/mol. The number of hydrogen-bond acceptors (Lipinski definition) is 7. The summed E-state index contributed by atoms with van der Waals surface area (Å²) in [6, 6.07) is 0.276. The van der Waals surface area contributed by atoms with E-state index in [-0.39, 0.29) is 11.9 Å². The van der Waals surface area contributed by atoms with Crippen molar-refractivity contribution in [2.45, 2.75) is 45.7 Å². The molecule has 2 fully saturated rings. The number of alkyl halides is 2. The summed E-state index contributed by atoms with van der Waals surface area (Å²) in [6.07, 6.45) is 4.56. The van der Waals surface area contributed by atoms with Gasteiger partial charge >= 0.3 is 0 Å². The molecule has 0 aromatic carbocycles. The number of aryl methyl sites for hydroxylation is 1. The largest absolute Gasteiger partial charge is 0.351 e. The predicted molar refractivity (Wildman–Crippen MR) is 125 cm³/mol. The van der Waals surface area contributed by atoms with Crippen LogP contribution < -0.4 is 5.32 Å². The van der Waals surface area contributed by atoms with Gasteiger partial charge in [-0.15, -0.1) is 0 Å². The highest BCUT2D eigenvalue weighted by Crippen LogP contribution is 2.39. The van der Waals surface area contributed by atoms with Crippen molar-refractivity contribution >= 4 is 34.2 Å². The third-order valence-electron chi connectivity index (χ3n) is 7.21. The Morgan fingerprint density at radius 3 is 2.66 bits per heavy atom. The van der Waals surface area contributed by atoms with Crippen LogP contribution in [0.2, 0.25) is 0 Å². The second-order valence-electron chi connectivity index (χ2n) is 9.48. The van der Waals surface area contributed by atoms with Crippen molar-refractivity contribution in [3.05, 3.63) is 24.4 Å². The number of likely N-dealkylation sites (tertiary alicyclic amines) is 1. The smallest absolute Gasteiger partial charge is 0.256 e. The molecule has 1 unspecified atom stereocenters. The van der Waals surface area contributed by atoms with E-state index >= 15 is 0 Å². The molecule has 3 atom stereocenters. The maximum absolute atomic E-state index is 13.0. The number of fused-ring (bicyclic) bond motifs is 3. The number of anilines is 1. The zero-order chi connectivity index (χ0) is 24.3. The number of aromatic amines is 1. The fourth-order valence-corrected chi connectivity index (χ4v) is 5.53. The van der Waals surface area contributed by atoms with Gasteiger partial charge in [0.1, 0.15) is 11.5 Å². The van der Waals surface area contributed by atoms with Crippen molar-refractivity contribution in [1.82, 2.24) is 39.4 Å². The molecular formula is C23H25F2N9O. The normalized spacial score (nSPS) is 22.0. The van der Waals surface area contributed by atoms with E-state index in [4.69, 9.17) is 0 Å². The number of nitrogens with zero attached hydrogens (tertiary/aromatic N) is 7. The number of aromatic nitrogens is 7. The molecule has 4 aromatic rings. The maximum Gasteiger partial charge on any atom is 0.256 e. The third kappa shape index (κ3) is 3.86. The van der Waals surface area contributed by atoms with Gasteiger partial charge in [0.25, 0.3) is 6.43 Å². The van der Waals surface area contributed by atoms with E-state index in [1.54, 1.807) is 32.4 Å². The Labute approximate surface area is 199 Å². The Morgan fingerprint density at radius 1 is 1.17 bits per heavy atom. The van der Waals surface area contributed by atoms with Gasteiger partial charge in [-0.05, 0) is 31.6 Å². The van der Waals surface area contributed by atoms with E-state index in [2.05, 4.69) is 35.2 Å². The zero-order valence-corrected chi connectivity index (χ0v) is 19.4. The number of imidazole rings is 1. The first-order chi connectivity index (χ1) is 16.9. The Kier molecular flexibility index (Phi) is 5.11. The van der Waals surface area contributed by atoms with E-state index < -0.39 is 13.0 Å². The topological polar surface area (TPSA) is 118 Å². The predicted octanol–water partition coefficient (Wildman–Crippen LogP) is 3.01. The lowest BCUT2D eigenvalue weighted by molar-refractivity contribution is -0.128. The van der Waals surface area contributed by atoms with Crippen LogP contribution in [0.25, 0.3) is 33.6 Å². The van der Waals surface area contributed by atoms with Gasteiger partial charge in [-0.1, -0.05) is 0 Å². The van der Waals surface area contributed by atoms with Crippen molar-refractivity contribution in [2.75, 3.05) is 18.4 Å². The van der Waals surface area contributed by atoms with E-state index in [0.29, 0.717) is 46.2 Å². The number of carbonyl (C=O) groups is 1. The number of H-pyrrole nitrogens is 1. The fraction of sp³-hybridized carbons (Fsp3) is 0.478. The molecular weight excluding hydrogens is 456 g/mol. The quantitative estimate of drug-likeness (QED) is 0.450. The van der Waals surface area contributed by atoms with Gasteiger partial charge in [-0.25, -0.2) is 28.7 Å². The summed E-state index contributed by atoms with van der Waals surface area (Å²) in [5.41, 5.74) is 2.58. The molecule has 1 amide bonds. The average Bonchev–Trinajstić information content (AvgIpc) is 3.55. The molecule has 6 rings (SSSR count). The van der Waals surface area contributed by atoms with Crippen LogP contribution in [0.5, 0.6) is 0 Å². The molecule has 10 nitrogen and oxygen atoms in total. The van der Waals surface area contributed by atoms with E-state index in [1.807, 2.05) is 4.90 Å². The highest BCUT2D eigenvalue weighted by Gasteiger charge is 2.41. The first-order valence-electron chi connectivity index (χ1n) is 11.7. The van der Waals surface area contributed by atoms with Gasteiger partial charge in [-0.3, -0.25) is 4.79 Å². The number of halogens is 2. The van der Waals surface area contributed by atoms with E-state index in [9.17, 15) is 13.6 Å². The van der Waals surface area contributed by atoms with Crippen LogP contribution in [0, 0.1) is 18.8 Å². The Balaban J connectivity index is 1.23. The molecule has 1 saturated carbocycles. The van der Waals surface area contributed by atoms with Crippen LogP contribution in [0.1, 0.15) is 25.6 Å². The summed E-state index contributed by atoms with van der Waals surface area (Å²) in [6.45, 7) is 4.48. The van der Waals surface area contributed by atoms with Crippen molar-refractivity contribution in [3.63, 3.8) is 0 Å². The minimum absolute atomic E-state index is 0.151. The van der Waals surface area contributed by atoms with Crippen molar-refractivity contribution in [1.29, 1.82) is 0 Å². The summed E-state index contributed by atoms with van der Waals surface area (Å²) in [7, 11) is 0. The van der Waals surface area contributed by atoms with Gasteiger partial charge < -0.3 is 19.8 Å². The fourth-order valence-electron chi connectivity index (χ4n) is 5.53. The molecule has 12 heteroatoms. The second kappa shape index (κ2) is 8.21. The minimum Gasteiger partial charge on any atom is -0.351 e. The van der Waals surface area contributed by atoms with Crippen LogP contribution in [0.15, 0.2) is 18.6 Å². The summed E-state index contributed by atoms with van der Waals surface area (Å²) in [5, 5.41) is 4.22. The molecule has 1 aliphatic carbocycles. The van der Waals surface area contributed by atoms with Gasteiger partial charge in [-0.2, -0.15) is 4.98 Å². The van der Waals surface area contributed by atoms with Crippen molar-refractivity contribution in [2.24, 2.45) is 11.8 Å². The highest BCUT2D eigenvalue weighted by molar-refractivity contribution is 5.93. The number of rotatable bonds is 5.